The molecule has 4 heteroatoms. The van der Waals surface area contributed by atoms with Crippen molar-refractivity contribution in [2.75, 3.05) is 7.05 Å². The molecule has 15 heavy (non-hydrogen) atoms. The summed E-state index contributed by atoms with van der Waals surface area (Å²) in [5.74, 6) is 0.651. The molecule has 1 fully saturated rings. The molecule has 1 aromatic rings. The third kappa shape index (κ3) is 2.26. The maximum atomic E-state index is 4.29. The summed E-state index contributed by atoms with van der Waals surface area (Å²) >= 11 is 3.59. The third-order valence-electron chi connectivity index (χ3n) is 3.41. The minimum atomic E-state index is 0.651. The van der Waals surface area contributed by atoms with Crippen molar-refractivity contribution in [3.05, 3.63) is 16.4 Å². The second-order valence-corrected chi connectivity index (χ2v) is 5.20. The van der Waals surface area contributed by atoms with Gasteiger partial charge in [0.15, 0.2) is 0 Å². The van der Waals surface area contributed by atoms with E-state index in [1.165, 1.54) is 31.4 Å². The maximum absolute atomic E-state index is 4.29. The molecule has 0 aliphatic heterocycles. The van der Waals surface area contributed by atoms with Gasteiger partial charge in [-0.3, -0.25) is 4.68 Å². The smallest absolute Gasteiger partial charge is 0.0635 e. The summed E-state index contributed by atoms with van der Waals surface area (Å²) < 4.78 is 3.17. The Morgan fingerprint density at radius 2 is 2.33 bits per heavy atom. The first kappa shape index (κ1) is 11.1. The van der Waals surface area contributed by atoms with E-state index in [2.05, 4.69) is 33.4 Å². The van der Waals surface area contributed by atoms with Crippen LogP contribution < -0.4 is 5.32 Å². The van der Waals surface area contributed by atoms with Crippen molar-refractivity contribution in [1.29, 1.82) is 0 Å². The quantitative estimate of drug-likeness (QED) is 0.896. The van der Waals surface area contributed by atoms with Crippen molar-refractivity contribution in [2.45, 2.75) is 37.6 Å². The molecule has 0 saturated heterocycles. The highest BCUT2D eigenvalue weighted by Gasteiger charge is 2.25. The van der Waals surface area contributed by atoms with Crippen molar-refractivity contribution >= 4 is 15.9 Å². The van der Waals surface area contributed by atoms with E-state index in [-0.39, 0.29) is 0 Å². The molecule has 1 N–H and O–H groups in total. The lowest BCUT2D eigenvalue weighted by Gasteiger charge is -2.29. The number of aromatic nitrogens is 2. The van der Waals surface area contributed by atoms with E-state index in [0.29, 0.717) is 12.0 Å². The maximum Gasteiger partial charge on any atom is 0.0635 e. The van der Waals surface area contributed by atoms with Crippen LogP contribution in [0.3, 0.4) is 0 Å². The van der Waals surface area contributed by atoms with Gasteiger partial charge in [-0.25, -0.2) is 0 Å². The second kappa shape index (κ2) is 4.66. The highest BCUT2D eigenvalue weighted by molar-refractivity contribution is 9.10. The van der Waals surface area contributed by atoms with Gasteiger partial charge < -0.3 is 5.32 Å². The minimum absolute atomic E-state index is 0.651. The third-order valence-corrected chi connectivity index (χ3v) is 4.02. The first-order valence-electron chi connectivity index (χ1n) is 5.57. The monoisotopic (exact) mass is 271 g/mol. The summed E-state index contributed by atoms with van der Waals surface area (Å²) in [7, 11) is 4.09. The minimum Gasteiger partial charge on any atom is -0.317 e. The molecule has 1 aliphatic rings. The Morgan fingerprint density at radius 1 is 1.53 bits per heavy atom. The Bertz CT molecular complexity index is 315. The molecule has 0 aromatic carbocycles. The zero-order chi connectivity index (χ0) is 10.8. The van der Waals surface area contributed by atoms with Gasteiger partial charge in [-0.05, 0) is 42.2 Å². The molecular weight excluding hydrogens is 254 g/mol. The van der Waals surface area contributed by atoms with E-state index in [0.717, 1.165) is 4.47 Å². The first-order valence-corrected chi connectivity index (χ1v) is 6.36. The summed E-state index contributed by atoms with van der Waals surface area (Å²) in [5.41, 5.74) is 1.36. The molecule has 0 spiro atoms. The average Bonchev–Trinajstić information content (AvgIpc) is 2.59. The number of hydrogen-bond donors (Lipinski definition) is 1. The molecular formula is C11H18BrN3. The van der Waals surface area contributed by atoms with Gasteiger partial charge in [0.05, 0.1) is 16.4 Å². The molecule has 3 nitrogen and oxygen atoms in total. The van der Waals surface area contributed by atoms with Crippen molar-refractivity contribution in [3.8, 4) is 0 Å². The Morgan fingerprint density at radius 3 is 2.93 bits per heavy atom. The zero-order valence-corrected chi connectivity index (χ0v) is 10.9. The van der Waals surface area contributed by atoms with Crippen molar-refractivity contribution < 1.29 is 0 Å². The standard InChI is InChI=1S/C11H18BrN3/c1-13-9-5-3-4-8(6-9)11-10(12)7-14-15(11)2/h7-9,13H,3-6H2,1-2H3. The zero-order valence-electron chi connectivity index (χ0n) is 9.33. The van der Waals surface area contributed by atoms with Crippen LogP contribution >= 0.6 is 15.9 Å². The van der Waals surface area contributed by atoms with Crippen LogP contribution in [0.1, 0.15) is 37.3 Å². The Hall–Kier alpha value is -0.350. The fraction of sp³-hybridized carbons (Fsp3) is 0.727. The van der Waals surface area contributed by atoms with Gasteiger partial charge in [-0.1, -0.05) is 6.42 Å². The summed E-state index contributed by atoms with van der Waals surface area (Å²) in [6.45, 7) is 0. The van der Waals surface area contributed by atoms with Gasteiger partial charge in [0, 0.05) is 19.0 Å². The van der Waals surface area contributed by atoms with Crippen molar-refractivity contribution in [1.82, 2.24) is 15.1 Å². The normalized spacial score (nSPS) is 26.9. The van der Waals surface area contributed by atoms with Gasteiger partial charge >= 0.3 is 0 Å². The predicted octanol–water partition coefficient (Wildman–Crippen LogP) is 2.43. The summed E-state index contributed by atoms with van der Waals surface area (Å²) in [5, 5.41) is 7.68. The molecule has 1 aliphatic carbocycles. The molecule has 2 unspecified atom stereocenters. The van der Waals surface area contributed by atoms with Crippen LogP contribution in [0, 0.1) is 0 Å². The highest BCUT2D eigenvalue weighted by Crippen LogP contribution is 2.35. The summed E-state index contributed by atoms with van der Waals surface area (Å²) in [6, 6.07) is 0.672. The van der Waals surface area contributed by atoms with E-state index < -0.39 is 0 Å². The van der Waals surface area contributed by atoms with Crippen molar-refractivity contribution in [2.24, 2.45) is 7.05 Å². The molecule has 84 valence electrons. The molecule has 1 aromatic heterocycles. The molecule has 0 radical (unpaired) electrons. The lowest BCUT2D eigenvalue weighted by atomic mass is 9.84. The Kier molecular flexibility index (Phi) is 3.46. The van der Waals surface area contributed by atoms with Crippen molar-refractivity contribution in [3.63, 3.8) is 0 Å². The van der Waals surface area contributed by atoms with Crippen LogP contribution in [0.2, 0.25) is 0 Å². The van der Waals surface area contributed by atoms with Gasteiger partial charge in [0.25, 0.3) is 0 Å². The van der Waals surface area contributed by atoms with Gasteiger partial charge in [-0.15, -0.1) is 0 Å². The van der Waals surface area contributed by atoms with Gasteiger partial charge in [0.1, 0.15) is 0 Å². The van der Waals surface area contributed by atoms with E-state index in [9.17, 15) is 0 Å². The lowest BCUT2D eigenvalue weighted by molar-refractivity contribution is 0.344. The van der Waals surface area contributed by atoms with Crippen LogP contribution in [0.15, 0.2) is 10.7 Å². The number of halogens is 1. The number of rotatable bonds is 2. The molecule has 0 bridgehead atoms. The number of aryl methyl sites for hydroxylation is 1. The van der Waals surface area contributed by atoms with Crippen LogP contribution in [0.25, 0.3) is 0 Å². The summed E-state index contributed by atoms with van der Waals surface area (Å²) in [4.78, 5) is 0. The van der Waals surface area contributed by atoms with Crippen LogP contribution in [0.4, 0.5) is 0 Å². The highest BCUT2D eigenvalue weighted by atomic mass is 79.9. The van der Waals surface area contributed by atoms with E-state index in [1.54, 1.807) is 0 Å². The Labute approximate surface area is 99.4 Å². The lowest BCUT2D eigenvalue weighted by Crippen LogP contribution is -2.31. The number of hydrogen-bond acceptors (Lipinski definition) is 2. The number of nitrogens with zero attached hydrogens (tertiary/aromatic N) is 2. The van der Waals surface area contributed by atoms with Crippen LogP contribution in [-0.4, -0.2) is 22.9 Å². The number of nitrogens with one attached hydrogen (secondary N) is 1. The van der Waals surface area contributed by atoms with E-state index >= 15 is 0 Å². The molecule has 2 atom stereocenters. The van der Waals surface area contributed by atoms with Gasteiger partial charge in [-0.2, -0.15) is 5.10 Å². The van der Waals surface area contributed by atoms with Crippen LogP contribution in [-0.2, 0) is 7.05 Å². The largest absolute Gasteiger partial charge is 0.317 e. The predicted molar refractivity (Wildman–Crippen MR) is 65.0 cm³/mol. The summed E-state index contributed by atoms with van der Waals surface area (Å²) in [6.07, 6.45) is 7.04. The SMILES string of the molecule is CNC1CCCC(c2c(Br)cnn2C)C1. The fourth-order valence-corrected chi connectivity index (χ4v) is 3.25. The first-order chi connectivity index (χ1) is 7.22. The van der Waals surface area contributed by atoms with E-state index in [4.69, 9.17) is 0 Å². The molecule has 1 saturated carbocycles. The van der Waals surface area contributed by atoms with E-state index in [1.807, 2.05) is 17.9 Å². The van der Waals surface area contributed by atoms with Gasteiger partial charge in [0.2, 0.25) is 0 Å². The topological polar surface area (TPSA) is 29.9 Å². The second-order valence-electron chi connectivity index (χ2n) is 4.35. The fourth-order valence-electron chi connectivity index (χ4n) is 2.58. The Balaban J connectivity index is 2.16. The van der Waals surface area contributed by atoms with Crippen LogP contribution in [0.5, 0.6) is 0 Å². The molecule has 1 heterocycles. The molecule has 2 rings (SSSR count). The average molecular weight is 272 g/mol. The molecule has 0 amide bonds.